The molecule has 5 heteroatoms. The SMILES string of the molecule is C[C@@H](C(=O)N1CCCC1)N1CCC[C@H](C(=O)NC2CC2)C1. The number of rotatable bonds is 4. The molecule has 118 valence electrons. The van der Waals surface area contributed by atoms with Gasteiger partial charge in [-0.25, -0.2) is 0 Å². The predicted molar refractivity (Wildman–Crippen MR) is 80.7 cm³/mol. The van der Waals surface area contributed by atoms with Crippen LogP contribution in [0.4, 0.5) is 0 Å². The first kappa shape index (κ1) is 14.8. The van der Waals surface area contributed by atoms with Crippen LogP contribution in [0, 0.1) is 5.92 Å². The van der Waals surface area contributed by atoms with Gasteiger partial charge < -0.3 is 10.2 Å². The van der Waals surface area contributed by atoms with Crippen molar-refractivity contribution in [3.8, 4) is 0 Å². The summed E-state index contributed by atoms with van der Waals surface area (Å²) in [5.74, 6) is 0.506. The maximum absolute atomic E-state index is 12.5. The summed E-state index contributed by atoms with van der Waals surface area (Å²) in [7, 11) is 0. The minimum absolute atomic E-state index is 0.0631. The number of likely N-dealkylation sites (tertiary alicyclic amines) is 2. The lowest BCUT2D eigenvalue weighted by molar-refractivity contribution is -0.137. The molecule has 2 saturated heterocycles. The number of hydrogen-bond acceptors (Lipinski definition) is 3. The largest absolute Gasteiger partial charge is 0.353 e. The van der Waals surface area contributed by atoms with Crippen LogP contribution in [0.2, 0.25) is 0 Å². The molecule has 1 saturated carbocycles. The van der Waals surface area contributed by atoms with Crippen molar-refractivity contribution in [2.24, 2.45) is 5.92 Å². The van der Waals surface area contributed by atoms with Crippen LogP contribution in [0.15, 0.2) is 0 Å². The van der Waals surface area contributed by atoms with Crippen molar-refractivity contribution >= 4 is 11.8 Å². The smallest absolute Gasteiger partial charge is 0.239 e. The van der Waals surface area contributed by atoms with Gasteiger partial charge in [0.05, 0.1) is 12.0 Å². The minimum atomic E-state index is -0.0837. The summed E-state index contributed by atoms with van der Waals surface area (Å²) in [4.78, 5) is 28.9. The van der Waals surface area contributed by atoms with Crippen LogP contribution < -0.4 is 5.32 Å². The van der Waals surface area contributed by atoms with Gasteiger partial charge in [0.15, 0.2) is 0 Å². The number of piperidine rings is 1. The van der Waals surface area contributed by atoms with Gasteiger partial charge in [-0.05, 0) is 52.0 Å². The third kappa shape index (κ3) is 3.57. The second-order valence-electron chi connectivity index (χ2n) is 6.83. The molecule has 1 aliphatic carbocycles. The zero-order valence-corrected chi connectivity index (χ0v) is 13.0. The first-order chi connectivity index (χ1) is 10.1. The molecule has 0 bridgehead atoms. The molecule has 5 nitrogen and oxygen atoms in total. The van der Waals surface area contributed by atoms with Crippen LogP contribution in [0.1, 0.15) is 45.4 Å². The second-order valence-corrected chi connectivity index (χ2v) is 6.83. The van der Waals surface area contributed by atoms with Crippen LogP contribution in [0.25, 0.3) is 0 Å². The summed E-state index contributed by atoms with van der Waals surface area (Å²) in [6.07, 6.45) is 6.49. The molecular weight excluding hydrogens is 266 g/mol. The number of carbonyl (C=O) groups excluding carboxylic acids is 2. The Balaban J connectivity index is 1.54. The lowest BCUT2D eigenvalue weighted by atomic mass is 9.95. The lowest BCUT2D eigenvalue weighted by Gasteiger charge is -2.36. The zero-order chi connectivity index (χ0) is 14.8. The average Bonchev–Trinajstić information content (AvgIpc) is 3.15. The molecule has 0 unspecified atom stereocenters. The predicted octanol–water partition coefficient (Wildman–Crippen LogP) is 0.988. The van der Waals surface area contributed by atoms with E-state index >= 15 is 0 Å². The molecule has 0 aromatic rings. The van der Waals surface area contributed by atoms with Crippen LogP contribution in [0.3, 0.4) is 0 Å². The number of amides is 2. The fraction of sp³-hybridized carbons (Fsp3) is 0.875. The molecule has 3 aliphatic rings. The second kappa shape index (κ2) is 6.34. The molecule has 3 rings (SSSR count). The maximum Gasteiger partial charge on any atom is 0.239 e. The Labute approximate surface area is 127 Å². The Hall–Kier alpha value is -1.10. The molecule has 2 amide bonds. The monoisotopic (exact) mass is 293 g/mol. The van der Waals surface area contributed by atoms with Crippen molar-refractivity contribution in [2.45, 2.75) is 57.5 Å². The Morgan fingerprint density at radius 3 is 2.43 bits per heavy atom. The first-order valence-corrected chi connectivity index (χ1v) is 8.48. The number of nitrogens with zero attached hydrogens (tertiary/aromatic N) is 2. The normalized spacial score (nSPS) is 28.4. The average molecular weight is 293 g/mol. The summed E-state index contributed by atoms with van der Waals surface area (Å²) < 4.78 is 0. The summed E-state index contributed by atoms with van der Waals surface area (Å²) in [6, 6.07) is 0.344. The number of nitrogens with one attached hydrogen (secondary N) is 1. The molecule has 0 aromatic carbocycles. The fourth-order valence-corrected chi connectivity index (χ4v) is 3.48. The van der Waals surface area contributed by atoms with Crippen molar-refractivity contribution < 1.29 is 9.59 Å². The number of hydrogen-bond donors (Lipinski definition) is 1. The van der Waals surface area contributed by atoms with E-state index in [0.29, 0.717) is 6.04 Å². The van der Waals surface area contributed by atoms with E-state index < -0.39 is 0 Å². The molecule has 0 radical (unpaired) electrons. The Kier molecular flexibility index (Phi) is 4.48. The standard InChI is InChI=1S/C16H27N3O2/c1-12(16(21)18-8-2-3-9-18)19-10-4-5-13(11-19)15(20)17-14-6-7-14/h12-14H,2-11H2,1H3,(H,17,20)/t12-,13-/m0/s1. The molecular formula is C16H27N3O2. The molecule has 0 spiro atoms. The van der Waals surface area contributed by atoms with Gasteiger partial charge in [0.1, 0.15) is 0 Å². The summed E-state index contributed by atoms with van der Waals surface area (Å²) >= 11 is 0. The van der Waals surface area contributed by atoms with Crippen LogP contribution >= 0.6 is 0 Å². The van der Waals surface area contributed by atoms with Crippen molar-refractivity contribution in [3.63, 3.8) is 0 Å². The van der Waals surface area contributed by atoms with E-state index in [1.807, 2.05) is 11.8 Å². The molecule has 1 N–H and O–H groups in total. The van der Waals surface area contributed by atoms with E-state index in [1.165, 1.54) is 0 Å². The number of carbonyl (C=O) groups is 2. The van der Waals surface area contributed by atoms with E-state index in [0.717, 1.165) is 64.7 Å². The van der Waals surface area contributed by atoms with Gasteiger partial charge in [-0.15, -0.1) is 0 Å². The van der Waals surface area contributed by atoms with Gasteiger partial charge >= 0.3 is 0 Å². The van der Waals surface area contributed by atoms with Crippen LogP contribution in [-0.4, -0.2) is 59.9 Å². The lowest BCUT2D eigenvalue weighted by Crippen LogP contribution is -2.52. The highest BCUT2D eigenvalue weighted by Crippen LogP contribution is 2.23. The van der Waals surface area contributed by atoms with E-state index in [4.69, 9.17) is 0 Å². The van der Waals surface area contributed by atoms with Gasteiger partial charge in [-0.3, -0.25) is 14.5 Å². The molecule has 3 fully saturated rings. The summed E-state index contributed by atoms with van der Waals surface area (Å²) in [5, 5.41) is 3.11. The molecule has 2 heterocycles. The van der Waals surface area contributed by atoms with Crippen LogP contribution in [0.5, 0.6) is 0 Å². The van der Waals surface area contributed by atoms with Gasteiger partial charge in [0, 0.05) is 25.7 Å². The van der Waals surface area contributed by atoms with E-state index in [-0.39, 0.29) is 23.8 Å². The summed E-state index contributed by atoms with van der Waals surface area (Å²) in [5.41, 5.74) is 0. The van der Waals surface area contributed by atoms with Crippen molar-refractivity contribution in [1.29, 1.82) is 0 Å². The highest BCUT2D eigenvalue weighted by Gasteiger charge is 2.34. The minimum Gasteiger partial charge on any atom is -0.353 e. The van der Waals surface area contributed by atoms with Gasteiger partial charge in [-0.2, -0.15) is 0 Å². The van der Waals surface area contributed by atoms with Crippen molar-refractivity contribution in [3.05, 3.63) is 0 Å². The van der Waals surface area contributed by atoms with E-state index in [9.17, 15) is 9.59 Å². The molecule has 21 heavy (non-hydrogen) atoms. The third-order valence-corrected chi connectivity index (χ3v) is 5.07. The highest BCUT2D eigenvalue weighted by atomic mass is 16.2. The van der Waals surface area contributed by atoms with Crippen LogP contribution in [-0.2, 0) is 9.59 Å². The topological polar surface area (TPSA) is 52.7 Å². The van der Waals surface area contributed by atoms with Gasteiger partial charge in [0.2, 0.25) is 11.8 Å². The van der Waals surface area contributed by atoms with Crippen molar-refractivity contribution in [1.82, 2.24) is 15.1 Å². The quantitative estimate of drug-likeness (QED) is 0.841. The Morgan fingerprint density at radius 1 is 1.05 bits per heavy atom. The Morgan fingerprint density at radius 2 is 1.76 bits per heavy atom. The third-order valence-electron chi connectivity index (χ3n) is 5.07. The van der Waals surface area contributed by atoms with Gasteiger partial charge in [0.25, 0.3) is 0 Å². The van der Waals surface area contributed by atoms with E-state index in [1.54, 1.807) is 0 Å². The maximum atomic E-state index is 12.5. The fourth-order valence-electron chi connectivity index (χ4n) is 3.48. The first-order valence-electron chi connectivity index (χ1n) is 8.48. The van der Waals surface area contributed by atoms with Gasteiger partial charge in [-0.1, -0.05) is 0 Å². The molecule has 2 aliphatic heterocycles. The highest BCUT2D eigenvalue weighted by molar-refractivity contribution is 5.82. The van der Waals surface area contributed by atoms with E-state index in [2.05, 4.69) is 10.2 Å². The molecule has 2 atom stereocenters. The summed E-state index contributed by atoms with van der Waals surface area (Å²) in [6.45, 7) is 5.49. The van der Waals surface area contributed by atoms with Crippen molar-refractivity contribution in [2.75, 3.05) is 26.2 Å². The molecule has 0 aromatic heterocycles. The zero-order valence-electron chi connectivity index (χ0n) is 13.0. The Bertz CT molecular complexity index is 402.